The molecular formula is C14H18N2O5. The fraction of sp³-hybridized carbons (Fsp3) is 0.357. The Morgan fingerprint density at radius 1 is 1.24 bits per heavy atom. The number of hydrogen-bond acceptors (Lipinski definition) is 4. The summed E-state index contributed by atoms with van der Waals surface area (Å²) in [5.41, 5.74) is 0.474. The van der Waals surface area contributed by atoms with Crippen LogP contribution in [-0.2, 0) is 14.3 Å². The molecule has 0 saturated heterocycles. The first kappa shape index (κ1) is 16.6. The summed E-state index contributed by atoms with van der Waals surface area (Å²) < 4.78 is 4.77. The van der Waals surface area contributed by atoms with Crippen molar-refractivity contribution in [3.8, 4) is 0 Å². The fourth-order valence-electron chi connectivity index (χ4n) is 1.49. The van der Waals surface area contributed by atoms with Gasteiger partial charge in [-0.3, -0.25) is 9.59 Å². The number of hydrogen-bond donors (Lipinski definition) is 3. The summed E-state index contributed by atoms with van der Waals surface area (Å²) >= 11 is 0. The number of carbonyl (C=O) groups excluding carboxylic acids is 2. The molecule has 1 aromatic rings. The van der Waals surface area contributed by atoms with Crippen molar-refractivity contribution in [3.63, 3.8) is 0 Å². The molecule has 1 atom stereocenters. The number of benzene rings is 1. The first-order valence-electron chi connectivity index (χ1n) is 6.44. The minimum absolute atomic E-state index is 0.0946. The molecule has 7 nitrogen and oxygen atoms in total. The van der Waals surface area contributed by atoms with Gasteiger partial charge >= 0.3 is 5.97 Å². The number of ether oxygens (including phenoxy) is 1. The van der Waals surface area contributed by atoms with Crippen LogP contribution in [0.5, 0.6) is 0 Å². The van der Waals surface area contributed by atoms with Crippen molar-refractivity contribution < 1.29 is 24.2 Å². The van der Waals surface area contributed by atoms with Crippen LogP contribution in [0, 0.1) is 0 Å². The average Bonchev–Trinajstić information content (AvgIpc) is 2.47. The van der Waals surface area contributed by atoms with Crippen LogP contribution in [0.4, 0.5) is 0 Å². The van der Waals surface area contributed by atoms with E-state index in [2.05, 4.69) is 10.6 Å². The topological polar surface area (TPSA) is 105 Å². The molecule has 0 aromatic heterocycles. The van der Waals surface area contributed by atoms with Gasteiger partial charge in [-0.15, -0.1) is 0 Å². The van der Waals surface area contributed by atoms with Crippen LogP contribution in [0.2, 0.25) is 0 Å². The van der Waals surface area contributed by atoms with Crippen LogP contribution in [0.15, 0.2) is 30.3 Å². The molecule has 0 radical (unpaired) electrons. The van der Waals surface area contributed by atoms with Crippen LogP contribution in [-0.4, -0.2) is 48.7 Å². The number of carboxylic acid groups (broad SMARTS) is 1. The molecule has 1 aromatic carbocycles. The van der Waals surface area contributed by atoms with Gasteiger partial charge in [0.25, 0.3) is 5.91 Å². The normalized spacial score (nSPS) is 11.5. The predicted octanol–water partition coefficient (Wildman–Crippen LogP) is 0.0223. The van der Waals surface area contributed by atoms with Crippen molar-refractivity contribution in [1.82, 2.24) is 10.6 Å². The molecule has 0 spiro atoms. The van der Waals surface area contributed by atoms with Crippen LogP contribution in [0.25, 0.3) is 0 Å². The third-order valence-electron chi connectivity index (χ3n) is 2.55. The third-order valence-corrected chi connectivity index (χ3v) is 2.55. The number of aliphatic carboxylic acids is 1. The third kappa shape index (κ3) is 6.53. The summed E-state index contributed by atoms with van der Waals surface area (Å²) in [6.07, 6.45) is 0. The molecule has 1 rings (SSSR count). The van der Waals surface area contributed by atoms with Gasteiger partial charge in [-0.1, -0.05) is 18.2 Å². The first-order valence-corrected chi connectivity index (χ1v) is 6.44. The molecule has 3 N–H and O–H groups in total. The van der Waals surface area contributed by atoms with Gasteiger partial charge in [-0.25, -0.2) is 4.79 Å². The van der Waals surface area contributed by atoms with Crippen molar-refractivity contribution in [3.05, 3.63) is 35.9 Å². The molecule has 0 heterocycles. The van der Waals surface area contributed by atoms with E-state index in [1.165, 1.54) is 0 Å². The van der Waals surface area contributed by atoms with Crippen LogP contribution in [0.3, 0.4) is 0 Å². The minimum atomic E-state index is -1.06. The van der Waals surface area contributed by atoms with Crippen molar-refractivity contribution in [1.29, 1.82) is 0 Å². The second kappa shape index (κ2) is 8.70. The highest BCUT2D eigenvalue weighted by molar-refractivity contribution is 5.97. The lowest BCUT2D eigenvalue weighted by Crippen LogP contribution is -2.45. The number of carboxylic acids is 1. The fourth-order valence-corrected chi connectivity index (χ4v) is 1.49. The summed E-state index contributed by atoms with van der Waals surface area (Å²) in [5, 5.41) is 13.5. The van der Waals surface area contributed by atoms with Gasteiger partial charge in [0.2, 0.25) is 5.91 Å². The van der Waals surface area contributed by atoms with Crippen LogP contribution < -0.4 is 10.6 Å². The van der Waals surface area contributed by atoms with E-state index < -0.39 is 18.6 Å². The van der Waals surface area contributed by atoms with E-state index in [-0.39, 0.29) is 25.0 Å². The predicted molar refractivity (Wildman–Crippen MR) is 74.8 cm³/mol. The molecule has 1 unspecified atom stereocenters. The van der Waals surface area contributed by atoms with Crippen LogP contribution in [0.1, 0.15) is 17.3 Å². The van der Waals surface area contributed by atoms with Gasteiger partial charge in [0.1, 0.15) is 12.6 Å². The average molecular weight is 294 g/mol. The van der Waals surface area contributed by atoms with E-state index in [1.807, 2.05) is 0 Å². The van der Waals surface area contributed by atoms with Gasteiger partial charge in [-0.2, -0.15) is 0 Å². The van der Waals surface area contributed by atoms with E-state index in [0.717, 1.165) is 0 Å². The Labute approximate surface area is 122 Å². The molecule has 0 aliphatic rings. The second-order valence-electron chi connectivity index (χ2n) is 4.30. The Morgan fingerprint density at radius 2 is 1.90 bits per heavy atom. The highest BCUT2D eigenvalue weighted by atomic mass is 16.5. The minimum Gasteiger partial charge on any atom is -0.480 e. The molecule has 0 aliphatic carbocycles. The lowest BCUT2D eigenvalue weighted by molar-refractivity contribution is -0.142. The van der Waals surface area contributed by atoms with Gasteiger partial charge in [0.05, 0.1) is 6.61 Å². The number of rotatable bonds is 8. The zero-order valence-corrected chi connectivity index (χ0v) is 11.7. The molecule has 0 aliphatic heterocycles. The van der Waals surface area contributed by atoms with E-state index in [9.17, 15) is 14.4 Å². The summed E-state index contributed by atoms with van der Waals surface area (Å²) in [6.45, 7) is 1.43. The van der Waals surface area contributed by atoms with Crippen molar-refractivity contribution in [2.45, 2.75) is 13.0 Å². The number of carbonyl (C=O) groups is 3. The van der Waals surface area contributed by atoms with Crippen molar-refractivity contribution >= 4 is 17.8 Å². The first-order chi connectivity index (χ1) is 10.0. The quantitative estimate of drug-likeness (QED) is 0.586. The highest BCUT2D eigenvalue weighted by Crippen LogP contribution is 1.98. The number of amides is 2. The largest absolute Gasteiger partial charge is 0.480 e. The maximum Gasteiger partial charge on any atom is 0.329 e. The Bertz CT molecular complexity index is 489. The molecule has 114 valence electrons. The highest BCUT2D eigenvalue weighted by Gasteiger charge is 2.15. The Balaban J connectivity index is 2.28. The van der Waals surface area contributed by atoms with Crippen molar-refractivity contribution in [2.75, 3.05) is 19.8 Å². The monoisotopic (exact) mass is 294 g/mol. The van der Waals surface area contributed by atoms with E-state index in [1.54, 1.807) is 37.3 Å². The summed E-state index contributed by atoms with van der Waals surface area (Å²) in [4.78, 5) is 33.7. The zero-order valence-electron chi connectivity index (χ0n) is 11.7. The summed E-state index contributed by atoms with van der Waals surface area (Å²) in [6, 6.07) is 7.87. The maximum absolute atomic E-state index is 11.8. The van der Waals surface area contributed by atoms with Gasteiger partial charge < -0.3 is 20.5 Å². The standard InChI is InChI=1S/C14H18N2O5/c1-10(13(19)15-7-8-21-9-12(17)18)16-14(20)11-5-3-2-4-6-11/h2-6,10H,7-9H2,1H3,(H,15,19)(H,16,20)(H,17,18). The van der Waals surface area contributed by atoms with E-state index in [0.29, 0.717) is 5.56 Å². The van der Waals surface area contributed by atoms with Crippen molar-refractivity contribution in [2.24, 2.45) is 0 Å². The molecule has 0 bridgehead atoms. The molecular weight excluding hydrogens is 276 g/mol. The SMILES string of the molecule is CC(NC(=O)c1ccccc1)C(=O)NCCOCC(=O)O. The molecule has 2 amide bonds. The molecule has 0 fully saturated rings. The number of nitrogens with one attached hydrogen (secondary N) is 2. The maximum atomic E-state index is 11.8. The summed E-state index contributed by atoms with van der Waals surface area (Å²) in [7, 11) is 0. The Hall–Kier alpha value is -2.41. The zero-order chi connectivity index (χ0) is 15.7. The molecule has 7 heteroatoms. The summed E-state index contributed by atoms with van der Waals surface area (Å²) in [5.74, 6) is -1.76. The van der Waals surface area contributed by atoms with Crippen LogP contribution >= 0.6 is 0 Å². The smallest absolute Gasteiger partial charge is 0.329 e. The Kier molecular flexibility index (Phi) is 6.90. The van der Waals surface area contributed by atoms with Gasteiger partial charge in [0, 0.05) is 12.1 Å². The molecule has 0 saturated carbocycles. The molecule has 21 heavy (non-hydrogen) atoms. The lowest BCUT2D eigenvalue weighted by atomic mass is 10.2. The van der Waals surface area contributed by atoms with Gasteiger partial charge in [-0.05, 0) is 19.1 Å². The van der Waals surface area contributed by atoms with E-state index >= 15 is 0 Å². The van der Waals surface area contributed by atoms with Gasteiger partial charge in [0.15, 0.2) is 0 Å². The second-order valence-corrected chi connectivity index (χ2v) is 4.30. The Morgan fingerprint density at radius 3 is 2.52 bits per heavy atom. The van der Waals surface area contributed by atoms with E-state index in [4.69, 9.17) is 9.84 Å². The lowest BCUT2D eigenvalue weighted by Gasteiger charge is -2.14.